The Morgan fingerprint density at radius 1 is 1.20 bits per heavy atom. The number of aromatic nitrogens is 1. The number of nitrogens with zero attached hydrogens (tertiary/aromatic N) is 1. The molecule has 0 atom stereocenters. The SMILES string of the molecule is Cc1cc(Br)c(Cl)c2c(Cl)c(Cl)cnc12. The lowest BCUT2D eigenvalue weighted by Gasteiger charge is -2.08. The minimum Gasteiger partial charge on any atom is -0.254 e. The smallest absolute Gasteiger partial charge is 0.0782 e. The topological polar surface area (TPSA) is 12.9 Å². The molecule has 0 saturated heterocycles. The number of fused-ring (bicyclic) bond motifs is 1. The highest BCUT2D eigenvalue weighted by Gasteiger charge is 2.13. The molecule has 5 heteroatoms. The number of hydrogen-bond acceptors (Lipinski definition) is 1. The Morgan fingerprint density at radius 2 is 1.87 bits per heavy atom. The highest BCUT2D eigenvalue weighted by atomic mass is 79.9. The van der Waals surface area contributed by atoms with Crippen LogP contribution < -0.4 is 0 Å². The molecule has 15 heavy (non-hydrogen) atoms. The maximum atomic E-state index is 6.15. The summed E-state index contributed by atoms with van der Waals surface area (Å²) in [6.45, 7) is 1.95. The molecule has 1 aromatic heterocycles. The Hall–Kier alpha value is -0.0200. The zero-order valence-electron chi connectivity index (χ0n) is 7.61. The van der Waals surface area contributed by atoms with Gasteiger partial charge in [0.25, 0.3) is 0 Å². The normalized spacial score (nSPS) is 11.0. The van der Waals surface area contributed by atoms with Gasteiger partial charge in [-0.3, -0.25) is 4.98 Å². The molecule has 1 heterocycles. The van der Waals surface area contributed by atoms with Crippen LogP contribution in [0, 0.1) is 6.92 Å². The van der Waals surface area contributed by atoms with Crippen molar-refractivity contribution in [2.45, 2.75) is 6.92 Å². The van der Waals surface area contributed by atoms with Crippen molar-refractivity contribution in [2.24, 2.45) is 0 Å². The third-order valence-corrected chi connectivity index (χ3v) is 4.14. The Labute approximate surface area is 110 Å². The van der Waals surface area contributed by atoms with Crippen molar-refractivity contribution in [1.82, 2.24) is 4.98 Å². The van der Waals surface area contributed by atoms with Crippen molar-refractivity contribution in [3.63, 3.8) is 0 Å². The van der Waals surface area contributed by atoms with Crippen molar-refractivity contribution in [3.05, 3.63) is 37.4 Å². The molecular formula is C10H5BrCl3N. The number of benzene rings is 1. The summed E-state index contributed by atoms with van der Waals surface area (Å²) in [5.41, 5.74) is 1.78. The van der Waals surface area contributed by atoms with Gasteiger partial charge in [0.05, 0.1) is 20.6 Å². The van der Waals surface area contributed by atoms with Crippen LogP contribution in [-0.2, 0) is 0 Å². The number of rotatable bonds is 0. The summed E-state index contributed by atoms with van der Waals surface area (Å²) in [7, 11) is 0. The van der Waals surface area contributed by atoms with E-state index < -0.39 is 0 Å². The average molecular weight is 325 g/mol. The van der Waals surface area contributed by atoms with Gasteiger partial charge in [-0.25, -0.2) is 0 Å². The first kappa shape index (κ1) is 11.5. The van der Waals surface area contributed by atoms with Crippen LogP contribution in [0.4, 0.5) is 0 Å². The first-order valence-electron chi connectivity index (χ1n) is 4.10. The summed E-state index contributed by atoms with van der Waals surface area (Å²) in [5.74, 6) is 0. The van der Waals surface area contributed by atoms with E-state index in [4.69, 9.17) is 34.8 Å². The molecule has 0 aliphatic heterocycles. The Kier molecular flexibility index (Phi) is 3.13. The minimum atomic E-state index is 0.406. The summed E-state index contributed by atoms with van der Waals surface area (Å²) in [6, 6.07) is 1.90. The predicted molar refractivity (Wildman–Crippen MR) is 69.2 cm³/mol. The molecule has 0 aliphatic carbocycles. The molecule has 0 saturated carbocycles. The van der Waals surface area contributed by atoms with E-state index in [1.807, 2.05) is 13.0 Å². The van der Waals surface area contributed by atoms with Gasteiger partial charge in [-0.05, 0) is 34.5 Å². The van der Waals surface area contributed by atoms with Crippen LogP contribution in [-0.4, -0.2) is 4.98 Å². The van der Waals surface area contributed by atoms with Crippen LogP contribution in [0.3, 0.4) is 0 Å². The fourth-order valence-electron chi connectivity index (χ4n) is 1.41. The maximum Gasteiger partial charge on any atom is 0.0782 e. The summed E-state index contributed by atoms with van der Waals surface area (Å²) < 4.78 is 0.792. The quantitative estimate of drug-likeness (QED) is 0.643. The van der Waals surface area contributed by atoms with Gasteiger partial charge in [0.1, 0.15) is 0 Å². The van der Waals surface area contributed by atoms with E-state index in [0.29, 0.717) is 20.5 Å². The summed E-state index contributed by atoms with van der Waals surface area (Å²) in [4.78, 5) is 4.22. The van der Waals surface area contributed by atoms with E-state index in [1.54, 1.807) is 0 Å². The minimum absolute atomic E-state index is 0.406. The van der Waals surface area contributed by atoms with Crippen LogP contribution in [0.1, 0.15) is 5.56 Å². The van der Waals surface area contributed by atoms with E-state index in [1.165, 1.54) is 6.20 Å². The number of halogens is 4. The monoisotopic (exact) mass is 323 g/mol. The van der Waals surface area contributed by atoms with Crippen LogP contribution in [0.25, 0.3) is 10.9 Å². The van der Waals surface area contributed by atoms with Crippen molar-refractivity contribution in [2.75, 3.05) is 0 Å². The number of hydrogen-bond donors (Lipinski definition) is 0. The molecule has 0 radical (unpaired) electrons. The van der Waals surface area contributed by atoms with Gasteiger partial charge in [-0.1, -0.05) is 34.8 Å². The fraction of sp³-hybridized carbons (Fsp3) is 0.100. The molecule has 0 fully saturated rings. The molecule has 0 spiro atoms. The molecule has 2 rings (SSSR count). The van der Waals surface area contributed by atoms with E-state index in [-0.39, 0.29) is 0 Å². The van der Waals surface area contributed by atoms with Gasteiger partial charge < -0.3 is 0 Å². The summed E-state index contributed by atoms with van der Waals surface area (Å²) in [5, 5.41) is 2.08. The van der Waals surface area contributed by atoms with Gasteiger partial charge in [-0.2, -0.15) is 0 Å². The highest BCUT2D eigenvalue weighted by Crippen LogP contribution is 2.39. The molecule has 0 amide bonds. The number of aryl methyl sites for hydroxylation is 1. The first-order chi connectivity index (χ1) is 7.02. The van der Waals surface area contributed by atoms with E-state index in [9.17, 15) is 0 Å². The highest BCUT2D eigenvalue weighted by molar-refractivity contribution is 9.10. The second kappa shape index (κ2) is 4.10. The lowest BCUT2D eigenvalue weighted by molar-refractivity contribution is 1.36. The van der Waals surface area contributed by atoms with Gasteiger partial charge in [0, 0.05) is 16.1 Å². The zero-order chi connectivity index (χ0) is 11.2. The first-order valence-corrected chi connectivity index (χ1v) is 6.03. The Bertz CT molecular complexity index is 546. The third-order valence-electron chi connectivity index (χ3n) is 2.12. The van der Waals surface area contributed by atoms with Gasteiger partial charge in [0.2, 0.25) is 0 Å². The largest absolute Gasteiger partial charge is 0.254 e. The maximum absolute atomic E-state index is 6.15. The summed E-state index contributed by atoms with van der Waals surface area (Å²) >= 11 is 21.5. The Morgan fingerprint density at radius 3 is 2.53 bits per heavy atom. The van der Waals surface area contributed by atoms with Crippen molar-refractivity contribution in [1.29, 1.82) is 0 Å². The molecule has 1 aromatic carbocycles. The van der Waals surface area contributed by atoms with Gasteiger partial charge >= 0.3 is 0 Å². The van der Waals surface area contributed by atoms with Crippen LogP contribution >= 0.6 is 50.7 Å². The molecule has 0 N–H and O–H groups in total. The lowest BCUT2D eigenvalue weighted by Crippen LogP contribution is -1.87. The van der Waals surface area contributed by atoms with Crippen LogP contribution in [0.2, 0.25) is 15.1 Å². The fourth-order valence-corrected chi connectivity index (χ4v) is 2.61. The van der Waals surface area contributed by atoms with E-state index in [0.717, 1.165) is 15.6 Å². The lowest BCUT2D eigenvalue weighted by atomic mass is 10.1. The van der Waals surface area contributed by atoms with Crippen LogP contribution in [0.5, 0.6) is 0 Å². The molecule has 2 aromatic rings. The molecule has 0 bridgehead atoms. The van der Waals surface area contributed by atoms with Crippen molar-refractivity contribution < 1.29 is 0 Å². The second-order valence-corrected chi connectivity index (χ2v) is 5.15. The Balaban J connectivity index is 3.04. The van der Waals surface area contributed by atoms with Crippen LogP contribution in [0.15, 0.2) is 16.7 Å². The van der Waals surface area contributed by atoms with Crippen molar-refractivity contribution >= 4 is 61.6 Å². The predicted octanol–water partition coefficient (Wildman–Crippen LogP) is 5.27. The molecule has 0 unspecified atom stereocenters. The zero-order valence-corrected chi connectivity index (χ0v) is 11.5. The van der Waals surface area contributed by atoms with E-state index >= 15 is 0 Å². The standard InChI is InChI=1S/C10H5BrCl3N/c1-4-2-5(11)8(13)7-9(14)6(12)3-15-10(4)7/h2-3H,1H3. The molecule has 1 nitrogen and oxygen atoms in total. The van der Waals surface area contributed by atoms with Crippen molar-refractivity contribution in [3.8, 4) is 0 Å². The summed E-state index contributed by atoms with van der Waals surface area (Å²) in [6.07, 6.45) is 1.53. The third kappa shape index (κ3) is 1.84. The number of pyridine rings is 1. The second-order valence-electron chi connectivity index (χ2n) is 3.13. The molecule has 78 valence electrons. The average Bonchev–Trinajstić information content (AvgIpc) is 2.19. The van der Waals surface area contributed by atoms with Gasteiger partial charge in [-0.15, -0.1) is 0 Å². The van der Waals surface area contributed by atoms with E-state index in [2.05, 4.69) is 20.9 Å². The molecular weight excluding hydrogens is 320 g/mol. The van der Waals surface area contributed by atoms with Gasteiger partial charge in [0.15, 0.2) is 0 Å². The molecule has 0 aliphatic rings.